The van der Waals surface area contributed by atoms with Crippen molar-refractivity contribution in [1.82, 2.24) is 15.5 Å². The van der Waals surface area contributed by atoms with Crippen molar-refractivity contribution in [1.29, 1.82) is 0 Å². The number of nitrogens with one attached hydrogen (secondary N) is 2. The van der Waals surface area contributed by atoms with Gasteiger partial charge in [-0.3, -0.25) is 19.6 Å². The van der Waals surface area contributed by atoms with Gasteiger partial charge in [-0.1, -0.05) is 51.6 Å². The quantitative estimate of drug-likeness (QED) is 0.423. The zero-order valence-corrected chi connectivity index (χ0v) is 19.9. The summed E-state index contributed by atoms with van der Waals surface area (Å²) in [5.74, 6) is -0.120. The molecule has 0 aromatic carbocycles. The summed E-state index contributed by atoms with van der Waals surface area (Å²) in [5.41, 5.74) is 1.44. The molecule has 9 nitrogen and oxygen atoms in total. The predicted octanol–water partition coefficient (Wildman–Crippen LogP) is 3.38. The van der Waals surface area contributed by atoms with Crippen LogP contribution >= 0.6 is 0 Å². The molecule has 0 radical (unpaired) electrons. The third-order valence-corrected chi connectivity index (χ3v) is 7.55. The van der Waals surface area contributed by atoms with E-state index in [0.29, 0.717) is 36.9 Å². The molecule has 3 amide bonds. The number of hydrogen-bond donors (Lipinski definition) is 3. The van der Waals surface area contributed by atoms with Crippen molar-refractivity contribution >= 4 is 23.5 Å². The third-order valence-electron chi connectivity index (χ3n) is 7.55. The van der Waals surface area contributed by atoms with Crippen molar-refractivity contribution in [2.24, 2.45) is 17.3 Å². The molecule has 1 aliphatic heterocycles. The van der Waals surface area contributed by atoms with Crippen LogP contribution in [-0.2, 0) is 19.8 Å². The normalized spacial score (nSPS) is 23.0. The molecule has 1 saturated heterocycles. The van der Waals surface area contributed by atoms with E-state index in [4.69, 9.17) is 9.73 Å². The Bertz CT molecular complexity index is 895. The second-order valence-corrected chi connectivity index (χ2v) is 11.3. The molecule has 1 spiro atoms. The van der Waals surface area contributed by atoms with Gasteiger partial charge < -0.3 is 14.7 Å². The molecule has 9 heteroatoms. The van der Waals surface area contributed by atoms with Gasteiger partial charge in [-0.15, -0.1) is 0 Å². The van der Waals surface area contributed by atoms with Gasteiger partial charge in [0, 0.05) is 30.4 Å². The molecule has 1 aromatic rings. The van der Waals surface area contributed by atoms with Crippen LogP contribution in [-0.4, -0.2) is 45.6 Å². The van der Waals surface area contributed by atoms with Gasteiger partial charge in [0.1, 0.15) is 11.8 Å². The van der Waals surface area contributed by atoms with Gasteiger partial charge >= 0.3 is 0 Å². The van der Waals surface area contributed by atoms with E-state index in [1.54, 1.807) is 16.4 Å². The van der Waals surface area contributed by atoms with Gasteiger partial charge in [-0.2, -0.15) is 0 Å². The average Bonchev–Trinajstić information content (AvgIpc) is 3.14. The van der Waals surface area contributed by atoms with Crippen LogP contribution in [0.2, 0.25) is 0 Å². The van der Waals surface area contributed by atoms with Crippen molar-refractivity contribution in [2.45, 2.75) is 90.0 Å². The maximum atomic E-state index is 13.7. The van der Waals surface area contributed by atoms with Crippen molar-refractivity contribution < 1.29 is 24.1 Å². The summed E-state index contributed by atoms with van der Waals surface area (Å²) in [4.78, 5) is 40.5. The Hall–Kier alpha value is -2.42. The number of anilines is 1. The minimum absolute atomic E-state index is 0.00913. The Morgan fingerprint density at radius 2 is 1.97 bits per heavy atom. The summed E-state index contributed by atoms with van der Waals surface area (Å²) in [5, 5.41) is 15.9. The molecule has 2 atom stereocenters. The van der Waals surface area contributed by atoms with Crippen molar-refractivity contribution in [3.8, 4) is 0 Å². The van der Waals surface area contributed by atoms with Crippen LogP contribution < -0.4 is 10.8 Å². The van der Waals surface area contributed by atoms with E-state index >= 15 is 0 Å². The number of carbonyl (C=O) groups is 3. The maximum Gasteiger partial charge on any atom is 0.248 e. The number of nitrogens with zero attached hydrogens (tertiary/aromatic N) is 2. The SMILES string of the molecule is CC(C)(C)c1cc(NC(=O)[C@@H]2CC3(CC3)CN2C(=O)[C@@H](CC(=O)NO)CC2CCCC2)no1. The molecule has 2 heterocycles. The topological polar surface area (TPSA) is 125 Å². The first-order valence-electron chi connectivity index (χ1n) is 12.1. The first kappa shape index (κ1) is 23.7. The first-order valence-corrected chi connectivity index (χ1v) is 12.1. The fraction of sp³-hybridized carbons (Fsp3) is 0.750. The zero-order chi connectivity index (χ0) is 23.8. The van der Waals surface area contributed by atoms with Gasteiger partial charge in [0.05, 0.1) is 0 Å². The Balaban J connectivity index is 1.49. The average molecular weight is 461 g/mol. The Morgan fingerprint density at radius 3 is 2.55 bits per heavy atom. The molecule has 1 aromatic heterocycles. The molecule has 0 unspecified atom stereocenters. The maximum absolute atomic E-state index is 13.7. The fourth-order valence-electron chi connectivity index (χ4n) is 5.38. The molecule has 33 heavy (non-hydrogen) atoms. The van der Waals surface area contributed by atoms with E-state index in [2.05, 4.69) is 10.5 Å². The lowest BCUT2D eigenvalue weighted by Crippen LogP contribution is -2.46. The summed E-state index contributed by atoms with van der Waals surface area (Å²) in [7, 11) is 0. The lowest BCUT2D eigenvalue weighted by atomic mass is 9.89. The highest BCUT2D eigenvalue weighted by atomic mass is 16.5. The first-order chi connectivity index (χ1) is 15.6. The van der Waals surface area contributed by atoms with E-state index < -0.39 is 17.9 Å². The molecule has 3 N–H and O–H groups in total. The highest BCUT2D eigenvalue weighted by Gasteiger charge is 2.56. The minimum Gasteiger partial charge on any atom is -0.359 e. The smallest absolute Gasteiger partial charge is 0.248 e. The molecule has 182 valence electrons. The summed E-state index contributed by atoms with van der Waals surface area (Å²) in [6.45, 7) is 6.54. The van der Waals surface area contributed by atoms with E-state index in [1.807, 2.05) is 20.8 Å². The molecule has 3 aliphatic rings. The standard InChI is InChI=1S/C24H36N4O5/c1-23(2,3)18-12-19(27-33-18)25-21(30)17-13-24(8-9-24)14-28(17)22(31)16(11-20(29)26-32)10-15-6-4-5-7-15/h12,15-17,32H,4-11,13-14H2,1-3H3,(H,26,29)(H,25,27,30)/t16-,17+/m1/s1. The zero-order valence-electron chi connectivity index (χ0n) is 19.9. The Morgan fingerprint density at radius 1 is 1.27 bits per heavy atom. The van der Waals surface area contributed by atoms with Crippen molar-refractivity contribution in [2.75, 3.05) is 11.9 Å². The molecule has 4 rings (SSSR count). The Labute approximate surface area is 194 Å². The molecule has 2 saturated carbocycles. The number of aromatic nitrogens is 1. The molecular formula is C24H36N4O5. The molecular weight excluding hydrogens is 424 g/mol. The number of rotatable bonds is 7. The molecule has 2 aliphatic carbocycles. The minimum atomic E-state index is -0.599. The highest BCUT2D eigenvalue weighted by Crippen LogP contribution is 2.55. The van der Waals surface area contributed by atoms with E-state index in [-0.39, 0.29) is 29.1 Å². The predicted molar refractivity (Wildman–Crippen MR) is 120 cm³/mol. The van der Waals surface area contributed by atoms with Gasteiger partial charge in [0.15, 0.2) is 5.82 Å². The summed E-state index contributed by atoms with van der Waals surface area (Å²) in [6.07, 6.45) is 7.57. The Kier molecular flexibility index (Phi) is 6.53. The largest absolute Gasteiger partial charge is 0.359 e. The van der Waals surface area contributed by atoms with Gasteiger partial charge in [-0.05, 0) is 37.0 Å². The van der Waals surface area contributed by atoms with Gasteiger partial charge in [0.2, 0.25) is 17.7 Å². The second-order valence-electron chi connectivity index (χ2n) is 11.3. The van der Waals surface area contributed by atoms with E-state index in [0.717, 1.165) is 38.5 Å². The van der Waals surface area contributed by atoms with Crippen LogP contribution in [0.5, 0.6) is 0 Å². The monoisotopic (exact) mass is 460 g/mol. The van der Waals surface area contributed by atoms with Crippen LogP contribution in [0.3, 0.4) is 0 Å². The number of hydroxylamine groups is 1. The second kappa shape index (κ2) is 9.08. The fourth-order valence-corrected chi connectivity index (χ4v) is 5.38. The lowest BCUT2D eigenvalue weighted by molar-refractivity contribution is -0.144. The summed E-state index contributed by atoms with van der Waals surface area (Å²) >= 11 is 0. The lowest BCUT2D eigenvalue weighted by Gasteiger charge is -2.29. The van der Waals surface area contributed by atoms with Crippen LogP contribution in [0.15, 0.2) is 10.6 Å². The van der Waals surface area contributed by atoms with Crippen molar-refractivity contribution in [3.05, 3.63) is 11.8 Å². The van der Waals surface area contributed by atoms with Crippen LogP contribution in [0.25, 0.3) is 0 Å². The summed E-state index contributed by atoms with van der Waals surface area (Å²) in [6, 6.07) is 1.12. The van der Waals surface area contributed by atoms with Crippen LogP contribution in [0.4, 0.5) is 5.82 Å². The number of amides is 3. The van der Waals surface area contributed by atoms with Gasteiger partial charge in [0.25, 0.3) is 0 Å². The van der Waals surface area contributed by atoms with Crippen molar-refractivity contribution in [3.63, 3.8) is 0 Å². The van der Waals surface area contributed by atoms with E-state index in [9.17, 15) is 14.4 Å². The molecule has 3 fully saturated rings. The summed E-state index contributed by atoms with van der Waals surface area (Å²) < 4.78 is 5.38. The van der Waals surface area contributed by atoms with Gasteiger partial charge in [-0.25, -0.2) is 5.48 Å². The van der Waals surface area contributed by atoms with E-state index in [1.165, 1.54) is 0 Å². The number of carbonyl (C=O) groups excluding carboxylic acids is 3. The number of hydrogen-bond acceptors (Lipinski definition) is 6. The number of likely N-dealkylation sites (tertiary alicyclic amines) is 1. The van der Waals surface area contributed by atoms with Crippen LogP contribution in [0.1, 0.15) is 84.3 Å². The third kappa shape index (κ3) is 5.39. The van der Waals surface area contributed by atoms with Crippen LogP contribution in [0, 0.1) is 17.3 Å². The highest BCUT2D eigenvalue weighted by molar-refractivity contribution is 5.98. The molecule has 0 bridgehead atoms.